The maximum Gasteiger partial charge on any atom is 0.490 e. The monoisotopic (exact) mass is 541 g/mol. The van der Waals surface area contributed by atoms with Gasteiger partial charge in [-0.15, -0.1) is 0 Å². The normalized spacial score (nSPS) is 18.5. The molecular formula is C25H30F3N3O5S. The Bertz CT molecular complexity index is 1230. The Morgan fingerprint density at radius 3 is 2.11 bits per heavy atom. The molecule has 1 amide bonds. The lowest BCUT2D eigenvalue weighted by atomic mass is 9.97. The fourth-order valence-corrected chi connectivity index (χ4v) is 5.96. The van der Waals surface area contributed by atoms with E-state index in [9.17, 15) is 26.4 Å². The Morgan fingerprint density at radius 1 is 1.03 bits per heavy atom. The minimum atomic E-state index is -5.08. The standard InChI is InChI=1S/C23H29N3O3S.C2HF3O2/c1-17-8-10-19(11-9-17)30(28,29)26-16-21(20-6-4-5-7-22(20)26)23(27)25(3)18-12-14-24(2)15-13-18;3-2(4,5)1(6)7/h4-11,18,21H,12-16H2,1-3H3;(H,6,7). The van der Waals surface area contributed by atoms with Crippen LogP contribution in [0.1, 0.15) is 29.9 Å². The lowest BCUT2D eigenvalue weighted by molar-refractivity contribution is -0.192. The van der Waals surface area contributed by atoms with Gasteiger partial charge in [-0.1, -0.05) is 35.9 Å². The molecule has 1 atom stereocenters. The fraction of sp³-hybridized carbons (Fsp3) is 0.440. The van der Waals surface area contributed by atoms with Crippen molar-refractivity contribution in [2.24, 2.45) is 0 Å². The zero-order valence-corrected chi connectivity index (χ0v) is 21.6. The van der Waals surface area contributed by atoms with E-state index in [4.69, 9.17) is 9.90 Å². The number of halogens is 3. The highest BCUT2D eigenvalue weighted by Crippen LogP contribution is 2.40. The van der Waals surface area contributed by atoms with Gasteiger partial charge in [-0.25, -0.2) is 13.2 Å². The van der Waals surface area contributed by atoms with Crippen LogP contribution in [0.15, 0.2) is 53.4 Å². The lowest BCUT2D eigenvalue weighted by Crippen LogP contribution is -2.46. The summed E-state index contributed by atoms with van der Waals surface area (Å²) in [5.41, 5.74) is 2.40. The maximum atomic E-state index is 13.4. The quantitative estimate of drug-likeness (QED) is 0.637. The molecule has 12 heteroatoms. The van der Waals surface area contributed by atoms with Crippen LogP contribution >= 0.6 is 0 Å². The van der Waals surface area contributed by atoms with E-state index in [1.54, 1.807) is 30.3 Å². The predicted octanol–water partition coefficient (Wildman–Crippen LogP) is 3.47. The summed E-state index contributed by atoms with van der Waals surface area (Å²) in [7, 11) is 0.218. The number of carboxylic acids is 1. The summed E-state index contributed by atoms with van der Waals surface area (Å²) in [6, 6.07) is 14.4. The predicted molar refractivity (Wildman–Crippen MR) is 132 cm³/mol. The van der Waals surface area contributed by atoms with Crippen LogP contribution in [-0.4, -0.2) is 81.1 Å². The molecule has 2 aromatic carbocycles. The van der Waals surface area contributed by atoms with Crippen LogP contribution in [-0.2, 0) is 19.6 Å². The molecule has 0 bridgehead atoms. The number of aryl methyl sites for hydroxylation is 1. The van der Waals surface area contributed by atoms with Crippen molar-refractivity contribution in [2.45, 2.75) is 42.8 Å². The summed E-state index contributed by atoms with van der Waals surface area (Å²) in [5, 5.41) is 7.12. The zero-order valence-electron chi connectivity index (χ0n) is 20.8. The second-order valence-electron chi connectivity index (χ2n) is 9.25. The number of carbonyl (C=O) groups is 2. The Labute approximate surface area is 214 Å². The first kappa shape index (κ1) is 28.5. The van der Waals surface area contributed by atoms with Crippen LogP contribution in [0.4, 0.5) is 18.9 Å². The highest BCUT2D eigenvalue weighted by molar-refractivity contribution is 7.92. The first-order chi connectivity index (χ1) is 17.2. The Morgan fingerprint density at radius 2 is 1.57 bits per heavy atom. The second-order valence-corrected chi connectivity index (χ2v) is 11.1. The van der Waals surface area contributed by atoms with E-state index in [0.717, 1.165) is 37.1 Å². The molecule has 0 aromatic heterocycles. The third kappa shape index (κ3) is 6.42. The molecule has 0 spiro atoms. The molecule has 0 saturated carbocycles. The number of nitrogens with zero attached hydrogens (tertiary/aromatic N) is 3. The first-order valence-corrected chi connectivity index (χ1v) is 13.1. The van der Waals surface area contributed by atoms with Gasteiger partial charge in [0.25, 0.3) is 10.0 Å². The molecule has 2 aromatic rings. The SMILES string of the molecule is Cc1ccc(S(=O)(=O)N2CC(C(=O)N(C)C3CCN(C)CC3)c3ccccc32)cc1.O=C(O)C(F)(F)F. The van der Waals surface area contributed by atoms with Gasteiger partial charge in [0.1, 0.15) is 0 Å². The van der Waals surface area contributed by atoms with Gasteiger partial charge >= 0.3 is 12.1 Å². The zero-order chi connectivity index (χ0) is 27.5. The number of anilines is 1. The number of benzene rings is 2. The largest absolute Gasteiger partial charge is 0.490 e. The van der Waals surface area contributed by atoms with Gasteiger partial charge in [0, 0.05) is 13.1 Å². The van der Waals surface area contributed by atoms with Crippen LogP contribution in [0, 0.1) is 6.92 Å². The number of sulfonamides is 1. The second kappa shape index (κ2) is 11.1. The number of piperidine rings is 1. The van der Waals surface area contributed by atoms with Crippen molar-refractivity contribution < 1.29 is 36.3 Å². The topological polar surface area (TPSA) is 98.2 Å². The van der Waals surface area contributed by atoms with Crippen molar-refractivity contribution in [3.8, 4) is 0 Å². The molecule has 37 heavy (non-hydrogen) atoms. The molecule has 4 rings (SSSR count). The molecule has 202 valence electrons. The number of alkyl halides is 3. The smallest absolute Gasteiger partial charge is 0.475 e. The van der Waals surface area contributed by atoms with E-state index < -0.39 is 28.1 Å². The van der Waals surface area contributed by atoms with Gasteiger partial charge < -0.3 is 14.9 Å². The van der Waals surface area contributed by atoms with Crippen LogP contribution in [0.5, 0.6) is 0 Å². The number of hydrogen-bond donors (Lipinski definition) is 1. The molecule has 1 saturated heterocycles. The van der Waals surface area contributed by atoms with E-state index in [1.165, 1.54) is 4.31 Å². The molecule has 0 radical (unpaired) electrons. The van der Waals surface area contributed by atoms with Gasteiger partial charge in [-0.3, -0.25) is 9.10 Å². The Kier molecular flexibility index (Phi) is 8.53. The number of carboxylic acid groups (broad SMARTS) is 1. The molecule has 2 aliphatic rings. The van der Waals surface area contributed by atoms with Crippen molar-refractivity contribution in [3.05, 3.63) is 59.7 Å². The van der Waals surface area contributed by atoms with Gasteiger partial charge in [-0.2, -0.15) is 13.2 Å². The number of aliphatic carboxylic acids is 1. The van der Waals surface area contributed by atoms with Gasteiger partial charge in [0.2, 0.25) is 5.91 Å². The average molecular weight is 542 g/mol. The molecular weight excluding hydrogens is 511 g/mol. The van der Waals surface area contributed by atoms with E-state index in [-0.39, 0.29) is 23.4 Å². The number of para-hydroxylation sites is 1. The van der Waals surface area contributed by atoms with Crippen molar-refractivity contribution in [2.75, 3.05) is 38.0 Å². The first-order valence-electron chi connectivity index (χ1n) is 11.7. The van der Waals surface area contributed by atoms with Crippen molar-refractivity contribution in [1.29, 1.82) is 0 Å². The van der Waals surface area contributed by atoms with Gasteiger partial charge in [0.15, 0.2) is 0 Å². The highest BCUT2D eigenvalue weighted by atomic mass is 32.2. The molecule has 1 unspecified atom stereocenters. The summed E-state index contributed by atoms with van der Waals surface area (Å²) in [5.74, 6) is -3.24. The third-order valence-corrected chi connectivity index (χ3v) is 8.46. The molecule has 1 N–H and O–H groups in total. The maximum absolute atomic E-state index is 13.4. The molecule has 0 aliphatic carbocycles. The van der Waals surface area contributed by atoms with E-state index in [2.05, 4.69) is 11.9 Å². The number of carbonyl (C=O) groups excluding carboxylic acids is 1. The number of fused-ring (bicyclic) bond motifs is 1. The van der Waals surface area contributed by atoms with Gasteiger partial charge in [0.05, 0.1) is 23.0 Å². The molecule has 2 heterocycles. The number of hydrogen-bond acceptors (Lipinski definition) is 5. The minimum absolute atomic E-state index is 0.00129. The number of likely N-dealkylation sites (tertiary alicyclic amines) is 1. The van der Waals surface area contributed by atoms with Crippen LogP contribution in [0.25, 0.3) is 0 Å². The van der Waals surface area contributed by atoms with Crippen LogP contribution in [0.3, 0.4) is 0 Å². The minimum Gasteiger partial charge on any atom is -0.475 e. The molecule has 2 aliphatic heterocycles. The summed E-state index contributed by atoms with van der Waals surface area (Å²) >= 11 is 0. The third-order valence-electron chi connectivity index (χ3n) is 6.66. The number of likely N-dealkylation sites (N-methyl/N-ethyl adjacent to an activating group) is 1. The number of amides is 1. The van der Waals surface area contributed by atoms with E-state index in [0.29, 0.717) is 5.69 Å². The summed E-state index contributed by atoms with van der Waals surface area (Å²) in [4.78, 5) is 26.7. The molecule has 8 nitrogen and oxygen atoms in total. The van der Waals surface area contributed by atoms with Crippen LogP contribution in [0.2, 0.25) is 0 Å². The molecule has 1 fully saturated rings. The summed E-state index contributed by atoms with van der Waals surface area (Å²) in [6.45, 7) is 4.01. The van der Waals surface area contributed by atoms with E-state index >= 15 is 0 Å². The Balaban J connectivity index is 0.000000479. The summed E-state index contributed by atoms with van der Waals surface area (Å²) in [6.07, 6.45) is -3.20. The average Bonchev–Trinajstić information content (AvgIpc) is 3.24. The summed E-state index contributed by atoms with van der Waals surface area (Å²) < 4.78 is 59.9. The van der Waals surface area contributed by atoms with Gasteiger partial charge in [-0.05, 0) is 63.7 Å². The van der Waals surface area contributed by atoms with Crippen molar-refractivity contribution >= 4 is 27.6 Å². The lowest BCUT2D eigenvalue weighted by Gasteiger charge is -2.36. The highest BCUT2D eigenvalue weighted by Gasteiger charge is 2.42. The van der Waals surface area contributed by atoms with Crippen molar-refractivity contribution in [1.82, 2.24) is 9.80 Å². The number of rotatable bonds is 4. The van der Waals surface area contributed by atoms with Crippen LogP contribution < -0.4 is 4.31 Å². The van der Waals surface area contributed by atoms with Crippen molar-refractivity contribution in [3.63, 3.8) is 0 Å². The Hall–Kier alpha value is -3.12. The van der Waals surface area contributed by atoms with E-state index in [1.807, 2.05) is 37.1 Å². The fourth-order valence-electron chi connectivity index (χ4n) is 4.46.